The molecule has 0 saturated heterocycles. The summed E-state index contributed by atoms with van der Waals surface area (Å²) >= 11 is 0. The number of carbonyl (C=O) groups excluding carboxylic acids is 1. The highest BCUT2D eigenvalue weighted by atomic mass is 32.2. The average Bonchev–Trinajstić information content (AvgIpc) is 2.73. The lowest BCUT2D eigenvalue weighted by molar-refractivity contribution is 0.237. The first kappa shape index (κ1) is 23.6. The third-order valence-electron chi connectivity index (χ3n) is 4.74. The maximum absolute atomic E-state index is 13.7. The number of rotatable bonds is 9. The predicted octanol–water partition coefficient (Wildman–Crippen LogP) is 3.43. The summed E-state index contributed by atoms with van der Waals surface area (Å²) in [6.07, 6.45) is 0. The van der Waals surface area contributed by atoms with Crippen LogP contribution in [-0.2, 0) is 16.6 Å². The molecule has 1 atom stereocenters. The third kappa shape index (κ3) is 5.70. The molecule has 7 nitrogen and oxygen atoms in total. The van der Waals surface area contributed by atoms with E-state index in [0.717, 1.165) is 5.56 Å². The summed E-state index contributed by atoms with van der Waals surface area (Å²) in [5, 5.41) is 5.45. The van der Waals surface area contributed by atoms with E-state index in [0.29, 0.717) is 18.7 Å². The molecule has 0 fully saturated rings. The van der Waals surface area contributed by atoms with E-state index in [1.54, 1.807) is 51.1 Å². The van der Waals surface area contributed by atoms with Crippen LogP contribution in [0.2, 0.25) is 0 Å². The molecule has 0 bridgehead atoms. The van der Waals surface area contributed by atoms with Gasteiger partial charge in [-0.25, -0.2) is 17.6 Å². The monoisotopic (exact) mass is 437 g/mol. The number of methoxy groups -OCH3 is 1. The summed E-state index contributed by atoms with van der Waals surface area (Å²) in [4.78, 5) is 12.4. The molecule has 30 heavy (non-hydrogen) atoms. The molecule has 0 aliphatic rings. The Labute approximate surface area is 177 Å². The Balaban J connectivity index is 1.96. The van der Waals surface area contributed by atoms with Gasteiger partial charge in [-0.15, -0.1) is 0 Å². The Bertz CT molecular complexity index is 961. The van der Waals surface area contributed by atoms with Crippen LogP contribution in [-0.4, -0.2) is 39.0 Å². The molecule has 2 amide bonds. The number of sulfonamides is 1. The summed E-state index contributed by atoms with van der Waals surface area (Å²) < 4.78 is 45.1. The second-order valence-electron chi connectivity index (χ2n) is 6.68. The van der Waals surface area contributed by atoms with Gasteiger partial charge in [0.25, 0.3) is 0 Å². The van der Waals surface area contributed by atoms with E-state index >= 15 is 0 Å². The number of halogens is 1. The normalized spacial score (nSPS) is 12.5. The van der Waals surface area contributed by atoms with Gasteiger partial charge in [-0.2, -0.15) is 4.31 Å². The van der Waals surface area contributed by atoms with Crippen molar-refractivity contribution in [2.75, 3.05) is 20.2 Å². The molecular weight excluding hydrogens is 409 g/mol. The molecule has 2 aromatic rings. The van der Waals surface area contributed by atoms with Gasteiger partial charge in [-0.1, -0.05) is 32.0 Å². The fourth-order valence-corrected chi connectivity index (χ4v) is 4.43. The van der Waals surface area contributed by atoms with E-state index in [9.17, 15) is 17.6 Å². The minimum atomic E-state index is -3.52. The smallest absolute Gasteiger partial charge is 0.315 e. The Morgan fingerprint density at radius 1 is 1.13 bits per heavy atom. The minimum Gasteiger partial charge on any atom is -0.494 e. The third-order valence-corrected chi connectivity index (χ3v) is 6.80. The van der Waals surface area contributed by atoms with Gasteiger partial charge in [0, 0.05) is 19.6 Å². The van der Waals surface area contributed by atoms with Gasteiger partial charge in [0.1, 0.15) is 0 Å². The van der Waals surface area contributed by atoms with Crippen LogP contribution < -0.4 is 15.4 Å². The number of ether oxygens (including phenoxy) is 1. The van der Waals surface area contributed by atoms with E-state index in [1.807, 2.05) is 0 Å². The van der Waals surface area contributed by atoms with Crippen LogP contribution in [0.25, 0.3) is 0 Å². The second kappa shape index (κ2) is 10.4. The van der Waals surface area contributed by atoms with Crippen molar-refractivity contribution in [1.82, 2.24) is 14.9 Å². The number of hydrogen-bond donors (Lipinski definition) is 2. The zero-order valence-electron chi connectivity index (χ0n) is 17.6. The standard InChI is InChI=1S/C21H28FN3O4S/c1-5-25(6-2)30(27,28)18-10-8-17(9-11-18)15(3)24-21(26)23-14-16-7-12-20(29-4)19(22)13-16/h7-13,15H,5-6,14H2,1-4H3,(H2,23,24,26). The van der Waals surface area contributed by atoms with E-state index in [2.05, 4.69) is 10.6 Å². The van der Waals surface area contributed by atoms with Gasteiger partial charge in [-0.3, -0.25) is 0 Å². The van der Waals surface area contributed by atoms with Crippen LogP contribution in [0.3, 0.4) is 0 Å². The van der Waals surface area contributed by atoms with Crippen molar-refractivity contribution in [2.24, 2.45) is 0 Å². The highest BCUT2D eigenvalue weighted by Crippen LogP contribution is 2.20. The Kier molecular flexibility index (Phi) is 8.19. The molecular formula is C21H28FN3O4S. The maximum atomic E-state index is 13.7. The zero-order chi connectivity index (χ0) is 22.3. The molecule has 1 unspecified atom stereocenters. The van der Waals surface area contributed by atoms with Crippen LogP contribution in [0.4, 0.5) is 9.18 Å². The van der Waals surface area contributed by atoms with Crippen molar-refractivity contribution in [3.63, 3.8) is 0 Å². The summed E-state index contributed by atoms with van der Waals surface area (Å²) in [6, 6.07) is 10.2. The van der Waals surface area contributed by atoms with Gasteiger partial charge in [0.05, 0.1) is 18.0 Å². The molecule has 164 valence electrons. The van der Waals surface area contributed by atoms with E-state index in [1.165, 1.54) is 23.5 Å². The van der Waals surface area contributed by atoms with Gasteiger partial charge >= 0.3 is 6.03 Å². The van der Waals surface area contributed by atoms with Crippen molar-refractivity contribution in [1.29, 1.82) is 0 Å². The molecule has 0 heterocycles. The van der Waals surface area contributed by atoms with E-state index in [4.69, 9.17) is 4.74 Å². The van der Waals surface area contributed by atoms with Gasteiger partial charge in [0.2, 0.25) is 10.0 Å². The van der Waals surface area contributed by atoms with Crippen LogP contribution in [0.5, 0.6) is 5.75 Å². The molecule has 0 aliphatic carbocycles. The van der Waals surface area contributed by atoms with Gasteiger partial charge < -0.3 is 15.4 Å². The molecule has 0 aromatic heterocycles. The van der Waals surface area contributed by atoms with Gasteiger partial charge in [0.15, 0.2) is 11.6 Å². The number of nitrogens with one attached hydrogen (secondary N) is 2. The summed E-state index contributed by atoms with van der Waals surface area (Å²) in [5.41, 5.74) is 1.36. The lowest BCUT2D eigenvalue weighted by atomic mass is 10.1. The fourth-order valence-electron chi connectivity index (χ4n) is 2.97. The minimum absolute atomic E-state index is 0.142. The quantitative estimate of drug-likeness (QED) is 0.629. The summed E-state index contributed by atoms with van der Waals surface area (Å²) in [6.45, 7) is 6.33. The average molecular weight is 438 g/mol. The highest BCUT2D eigenvalue weighted by molar-refractivity contribution is 7.89. The summed E-state index contributed by atoms with van der Waals surface area (Å²) in [7, 11) is -2.13. The van der Waals surface area contributed by atoms with Crippen molar-refractivity contribution < 1.29 is 22.3 Å². The lowest BCUT2D eigenvalue weighted by Crippen LogP contribution is -2.36. The number of hydrogen-bond acceptors (Lipinski definition) is 4. The van der Waals surface area contributed by atoms with Crippen molar-refractivity contribution in [2.45, 2.75) is 38.3 Å². The molecule has 0 spiro atoms. The molecule has 0 radical (unpaired) electrons. The Morgan fingerprint density at radius 3 is 2.30 bits per heavy atom. The first-order chi connectivity index (χ1) is 14.2. The largest absolute Gasteiger partial charge is 0.494 e. The number of carbonyl (C=O) groups is 1. The molecule has 0 saturated carbocycles. The SMILES string of the molecule is CCN(CC)S(=O)(=O)c1ccc(C(C)NC(=O)NCc2ccc(OC)c(F)c2)cc1. The Hall–Kier alpha value is -2.65. The van der Waals surface area contributed by atoms with Crippen molar-refractivity contribution in [3.05, 3.63) is 59.4 Å². The summed E-state index contributed by atoms with van der Waals surface area (Å²) in [5.74, 6) is -0.353. The van der Waals surface area contributed by atoms with Crippen LogP contribution in [0.15, 0.2) is 47.4 Å². The predicted molar refractivity (Wildman–Crippen MR) is 113 cm³/mol. The number of nitrogens with zero attached hydrogens (tertiary/aromatic N) is 1. The zero-order valence-corrected chi connectivity index (χ0v) is 18.4. The molecule has 9 heteroatoms. The molecule has 2 N–H and O–H groups in total. The highest BCUT2D eigenvalue weighted by Gasteiger charge is 2.21. The van der Waals surface area contributed by atoms with Crippen LogP contribution >= 0.6 is 0 Å². The number of benzene rings is 2. The van der Waals surface area contributed by atoms with Gasteiger partial charge in [-0.05, 0) is 42.3 Å². The Morgan fingerprint density at radius 2 is 1.77 bits per heavy atom. The van der Waals surface area contributed by atoms with Crippen LogP contribution in [0, 0.1) is 5.82 Å². The van der Waals surface area contributed by atoms with E-state index < -0.39 is 21.9 Å². The van der Waals surface area contributed by atoms with Crippen molar-refractivity contribution in [3.8, 4) is 5.75 Å². The first-order valence-corrected chi connectivity index (χ1v) is 11.1. The van der Waals surface area contributed by atoms with Crippen molar-refractivity contribution >= 4 is 16.1 Å². The fraction of sp³-hybridized carbons (Fsp3) is 0.381. The number of amides is 2. The molecule has 2 aromatic carbocycles. The second-order valence-corrected chi connectivity index (χ2v) is 8.61. The lowest BCUT2D eigenvalue weighted by Gasteiger charge is -2.19. The topological polar surface area (TPSA) is 87.7 Å². The number of urea groups is 1. The van der Waals surface area contributed by atoms with E-state index in [-0.39, 0.29) is 23.2 Å². The molecule has 0 aliphatic heterocycles. The molecule has 2 rings (SSSR count). The maximum Gasteiger partial charge on any atom is 0.315 e. The first-order valence-electron chi connectivity index (χ1n) is 9.69. The van der Waals surface area contributed by atoms with Crippen LogP contribution in [0.1, 0.15) is 37.9 Å².